The minimum Gasteiger partial charge on any atom is -0.507 e. The highest BCUT2D eigenvalue weighted by Gasteiger charge is 2.47. The standard InChI is InChI=1S/C21H21N3O5/c1-22(2)12-13-23-18(15-10-6-7-11-16(15)24(28)29)17(20(26)21(23)27)19(25)14-8-4-3-5-9-14/h3-11,18,25H,12-13H2,1-2H3. The van der Waals surface area contributed by atoms with E-state index in [-0.39, 0.29) is 29.1 Å². The number of aliphatic hydroxyl groups is 1. The van der Waals surface area contributed by atoms with E-state index in [9.17, 15) is 24.8 Å². The van der Waals surface area contributed by atoms with E-state index in [0.29, 0.717) is 12.1 Å². The molecule has 2 aromatic rings. The molecule has 150 valence electrons. The zero-order valence-electron chi connectivity index (χ0n) is 16.1. The molecule has 0 aromatic heterocycles. The number of benzene rings is 2. The summed E-state index contributed by atoms with van der Waals surface area (Å²) in [6.45, 7) is 0.634. The summed E-state index contributed by atoms with van der Waals surface area (Å²) in [4.78, 5) is 39.8. The minimum absolute atomic E-state index is 0.144. The lowest BCUT2D eigenvalue weighted by Crippen LogP contribution is -2.35. The van der Waals surface area contributed by atoms with Gasteiger partial charge in [0.25, 0.3) is 17.4 Å². The maximum absolute atomic E-state index is 12.8. The van der Waals surface area contributed by atoms with Crippen LogP contribution in [-0.4, -0.2) is 58.7 Å². The highest BCUT2D eigenvalue weighted by atomic mass is 16.6. The van der Waals surface area contributed by atoms with E-state index in [1.165, 1.54) is 23.1 Å². The van der Waals surface area contributed by atoms with Crippen LogP contribution in [-0.2, 0) is 9.59 Å². The predicted octanol–water partition coefficient (Wildman–Crippen LogP) is 2.58. The molecule has 1 unspecified atom stereocenters. The van der Waals surface area contributed by atoms with Crippen LogP contribution in [0.4, 0.5) is 5.69 Å². The Morgan fingerprint density at radius 2 is 1.72 bits per heavy atom. The van der Waals surface area contributed by atoms with Gasteiger partial charge in [0.1, 0.15) is 5.76 Å². The van der Waals surface area contributed by atoms with Gasteiger partial charge in [-0.15, -0.1) is 0 Å². The Hall–Kier alpha value is -3.52. The Kier molecular flexibility index (Phi) is 5.74. The van der Waals surface area contributed by atoms with Gasteiger partial charge in [0.15, 0.2) is 0 Å². The molecular weight excluding hydrogens is 374 g/mol. The lowest BCUT2D eigenvalue weighted by Gasteiger charge is -2.26. The molecule has 1 amide bonds. The van der Waals surface area contributed by atoms with Crippen molar-refractivity contribution >= 4 is 23.1 Å². The van der Waals surface area contributed by atoms with Crippen LogP contribution in [0, 0.1) is 10.1 Å². The van der Waals surface area contributed by atoms with E-state index in [1.807, 2.05) is 19.0 Å². The van der Waals surface area contributed by atoms with Crippen LogP contribution in [0.2, 0.25) is 0 Å². The van der Waals surface area contributed by atoms with Crippen LogP contribution in [0.5, 0.6) is 0 Å². The van der Waals surface area contributed by atoms with Gasteiger partial charge < -0.3 is 14.9 Å². The van der Waals surface area contributed by atoms with Crippen molar-refractivity contribution in [2.45, 2.75) is 6.04 Å². The fourth-order valence-corrected chi connectivity index (χ4v) is 3.38. The maximum Gasteiger partial charge on any atom is 0.295 e. The number of ketones is 1. The molecule has 1 aliphatic heterocycles. The first-order chi connectivity index (χ1) is 13.8. The van der Waals surface area contributed by atoms with Crippen LogP contribution in [0.3, 0.4) is 0 Å². The fourth-order valence-electron chi connectivity index (χ4n) is 3.38. The topological polar surface area (TPSA) is 104 Å². The number of nitrogens with zero attached hydrogens (tertiary/aromatic N) is 3. The van der Waals surface area contributed by atoms with Crippen molar-refractivity contribution in [2.75, 3.05) is 27.2 Å². The summed E-state index contributed by atoms with van der Waals surface area (Å²) in [6, 6.07) is 13.3. The zero-order valence-corrected chi connectivity index (χ0v) is 16.1. The van der Waals surface area contributed by atoms with Gasteiger partial charge in [-0.1, -0.05) is 42.5 Å². The molecule has 1 N–H and O–H groups in total. The third kappa shape index (κ3) is 3.88. The zero-order chi connectivity index (χ0) is 21.1. The number of nitro benzene ring substituents is 1. The Bertz CT molecular complexity index is 985. The van der Waals surface area contributed by atoms with Gasteiger partial charge in [-0.3, -0.25) is 19.7 Å². The van der Waals surface area contributed by atoms with E-state index in [2.05, 4.69) is 0 Å². The average molecular weight is 395 g/mol. The van der Waals surface area contributed by atoms with Crippen LogP contribution in [0.25, 0.3) is 5.76 Å². The smallest absolute Gasteiger partial charge is 0.295 e. The molecule has 0 bridgehead atoms. The van der Waals surface area contributed by atoms with Gasteiger partial charge in [-0.25, -0.2) is 0 Å². The summed E-state index contributed by atoms with van der Waals surface area (Å²) >= 11 is 0. The molecular formula is C21H21N3O5. The highest BCUT2D eigenvalue weighted by Crippen LogP contribution is 2.42. The number of amides is 1. The first-order valence-electron chi connectivity index (χ1n) is 9.04. The molecule has 0 spiro atoms. The summed E-state index contributed by atoms with van der Waals surface area (Å²) in [5.74, 6) is -1.99. The summed E-state index contributed by atoms with van der Waals surface area (Å²) in [7, 11) is 3.64. The van der Waals surface area contributed by atoms with Gasteiger partial charge in [0, 0.05) is 24.7 Å². The largest absolute Gasteiger partial charge is 0.507 e. The molecule has 0 radical (unpaired) electrons. The van der Waals surface area contributed by atoms with E-state index >= 15 is 0 Å². The lowest BCUT2D eigenvalue weighted by molar-refractivity contribution is -0.385. The molecule has 2 aromatic carbocycles. The van der Waals surface area contributed by atoms with E-state index in [0.717, 1.165) is 0 Å². The molecule has 1 saturated heterocycles. The number of para-hydroxylation sites is 1. The Labute approximate surface area is 167 Å². The lowest BCUT2D eigenvalue weighted by atomic mass is 9.94. The summed E-state index contributed by atoms with van der Waals surface area (Å²) < 4.78 is 0. The third-order valence-electron chi connectivity index (χ3n) is 4.80. The van der Waals surface area contributed by atoms with Crippen molar-refractivity contribution in [3.8, 4) is 0 Å². The number of hydrogen-bond donors (Lipinski definition) is 1. The molecule has 29 heavy (non-hydrogen) atoms. The van der Waals surface area contributed by atoms with Crippen molar-refractivity contribution in [3.63, 3.8) is 0 Å². The maximum atomic E-state index is 12.8. The Balaban J connectivity index is 2.22. The van der Waals surface area contributed by atoms with Crippen LogP contribution < -0.4 is 0 Å². The first kappa shape index (κ1) is 20.2. The second kappa shape index (κ2) is 8.24. The summed E-state index contributed by atoms with van der Waals surface area (Å²) in [5.41, 5.74) is 0.192. The molecule has 0 saturated carbocycles. The van der Waals surface area contributed by atoms with Crippen LogP contribution >= 0.6 is 0 Å². The van der Waals surface area contributed by atoms with E-state index in [4.69, 9.17) is 0 Å². The third-order valence-corrected chi connectivity index (χ3v) is 4.80. The molecule has 8 heteroatoms. The number of likely N-dealkylation sites (tertiary alicyclic amines) is 1. The van der Waals surface area contributed by atoms with Crippen molar-refractivity contribution in [1.82, 2.24) is 9.80 Å². The van der Waals surface area contributed by atoms with Crippen molar-refractivity contribution in [3.05, 3.63) is 81.4 Å². The molecule has 1 atom stereocenters. The van der Waals surface area contributed by atoms with E-state index < -0.39 is 22.7 Å². The van der Waals surface area contributed by atoms with Gasteiger partial charge in [-0.05, 0) is 20.2 Å². The predicted molar refractivity (Wildman–Crippen MR) is 107 cm³/mol. The van der Waals surface area contributed by atoms with Crippen molar-refractivity contribution < 1.29 is 19.6 Å². The van der Waals surface area contributed by atoms with Gasteiger partial charge in [-0.2, -0.15) is 0 Å². The Morgan fingerprint density at radius 1 is 1.10 bits per heavy atom. The summed E-state index contributed by atoms with van der Waals surface area (Å²) in [5, 5.41) is 22.5. The molecule has 3 rings (SSSR count). The molecule has 1 aliphatic rings. The van der Waals surface area contributed by atoms with Crippen LogP contribution in [0.15, 0.2) is 60.2 Å². The second-order valence-electron chi connectivity index (χ2n) is 6.98. The van der Waals surface area contributed by atoms with Crippen molar-refractivity contribution in [2.24, 2.45) is 0 Å². The highest BCUT2D eigenvalue weighted by molar-refractivity contribution is 6.46. The number of carbonyl (C=O) groups is 2. The normalized spacial score (nSPS) is 18.4. The quantitative estimate of drug-likeness (QED) is 0.265. The van der Waals surface area contributed by atoms with Gasteiger partial charge >= 0.3 is 0 Å². The monoisotopic (exact) mass is 395 g/mol. The summed E-state index contributed by atoms with van der Waals surface area (Å²) in [6.07, 6.45) is 0. The molecule has 8 nitrogen and oxygen atoms in total. The van der Waals surface area contributed by atoms with Gasteiger partial charge in [0.05, 0.1) is 22.1 Å². The number of nitro groups is 1. The van der Waals surface area contributed by atoms with Crippen molar-refractivity contribution in [1.29, 1.82) is 0 Å². The number of likely N-dealkylation sites (N-methyl/N-ethyl adjacent to an activating group) is 1. The minimum atomic E-state index is -1.04. The fraction of sp³-hybridized carbons (Fsp3) is 0.238. The molecule has 1 heterocycles. The number of aliphatic hydroxyl groups excluding tert-OH is 1. The Morgan fingerprint density at radius 3 is 2.34 bits per heavy atom. The van der Waals surface area contributed by atoms with E-state index in [1.54, 1.807) is 36.4 Å². The SMILES string of the molecule is CN(C)CCN1C(=O)C(=O)C(=C(O)c2ccccc2)C1c1ccccc1[N+](=O)[O-]. The number of hydrogen-bond acceptors (Lipinski definition) is 6. The first-order valence-corrected chi connectivity index (χ1v) is 9.04. The number of carbonyl (C=O) groups excluding carboxylic acids is 2. The number of rotatable bonds is 6. The average Bonchev–Trinajstić information content (AvgIpc) is 2.96. The molecule has 1 fully saturated rings. The van der Waals surface area contributed by atoms with Crippen LogP contribution in [0.1, 0.15) is 17.2 Å². The molecule has 0 aliphatic carbocycles. The second-order valence-corrected chi connectivity index (χ2v) is 6.98. The van der Waals surface area contributed by atoms with Gasteiger partial charge in [0.2, 0.25) is 0 Å². The number of Topliss-reactive ketones (excluding diaryl/α,β-unsaturated/α-hetero) is 1.